The third-order valence-corrected chi connectivity index (χ3v) is 5.63. The van der Waals surface area contributed by atoms with Crippen molar-refractivity contribution in [3.8, 4) is 0 Å². The summed E-state index contributed by atoms with van der Waals surface area (Å²) in [6, 6.07) is 7.31. The summed E-state index contributed by atoms with van der Waals surface area (Å²) in [4.78, 5) is 27.7. The van der Waals surface area contributed by atoms with Crippen molar-refractivity contribution in [3.63, 3.8) is 0 Å². The Morgan fingerprint density at radius 3 is 2.93 bits per heavy atom. The summed E-state index contributed by atoms with van der Waals surface area (Å²) in [5.74, 6) is 1.55. The number of nitrogens with one attached hydrogen (secondary N) is 3. The number of benzene rings is 1. The van der Waals surface area contributed by atoms with E-state index >= 15 is 0 Å². The van der Waals surface area contributed by atoms with E-state index in [4.69, 9.17) is 0 Å². The van der Waals surface area contributed by atoms with Crippen LogP contribution in [0, 0.1) is 0 Å². The minimum Gasteiger partial charge on any atom is -0.361 e. The fraction of sp³-hybridized carbons (Fsp3) is 0.455. The lowest BCUT2D eigenvalue weighted by molar-refractivity contribution is -0.128. The molecule has 1 atom stereocenters. The number of amides is 2. The molecule has 8 heteroatoms. The van der Waals surface area contributed by atoms with Crippen molar-refractivity contribution >= 4 is 22.7 Å². The number of para-hydroxylation sites is 1. The van der Waals surface area contributed by atoms with Crippen molar-refractivity contribution in [1.29, 1.82) is 0 Å². The molecule has 1 unspecified atom stereocenters. The summed E-state index contributed by atoms with van der Waals surface area (Å²) in [7, 11) is 0. The molecule has 8 nitrogen and oxygen atoms in total. The molecular weight excluding hydrogens is 380 g/mol. The van der Waals surface area contributed by atoms with Crippen LogP contribution in [0.5, 0.6) is 0 Å². The van der Waals surface area contributed by atoms with Crippen LogP contribution in [0.3, 0.4) is 0 Å². The van der Waals surface area contributed by atoms with E-state index < -0.39 is 6.04 Å². The zero-order valence-electron chi connectivity index (χ0n) is 17.3. The molecule has 3 heterocycles. The van der Waals surface area contributed by atoms with E-state index in [0.29, 0.717) is 19.4 Å². The van der Waals surface area contributed by atoms with E-state index in [1.54, 1.807) is 0 Å². The molecule has 0 bridgehead atoms. The predicted molar refractivity (Wildman–Crippen MR) is 114 cm³/mol. The van der Waals surface area contributed by atoms with Gasteiger partial charge in [0.15, 0.2) is 0 Å². The molecule has 0 saturated heterocycles. The van der Waals surface area contributed by atoms with Gasteiger partial charge in [0.25, 0.3) is 0 Å². The van der Waals surface area contributed by atoms with Crippen molar-refractivity contribution in [2.75, 3.05) is 6.54 Å². The molecule has 1 aliphatic rings. The van der Waals surface area contributed by atoms with Gasteiger partial charge in [0.1, 0.15) is 17.7 Å². The highest BCUT2D eigenvalue weighted by atomic mass is 16.2. The van der Waals surface area contributed by atoms with Gasteiger partial charge in [-0.05, 0) is 24.5 Å². The van der Waals surface area contributed by atoms with Crippen LogP contribution >= 0.6 is 0 Å². The normalized spacial score (nSPS) is 14.7. The van der Waals surface area contributed by atoms with Crippen LogP contribution in [-0.4, -0.2) is 44.1 Å². The van der Waals surface area contributed by atoms with Gasteiger partial charge >= 0.3 is 0 Å². The average Bonchev–Trinajstić information content (AvgIpc) is 3.23. The average molecular weight is 409 g/mol. The van der Waals surface area contributed by atoms with E-state index in [-0.39, 0.29) is 11.8 Å². The van der Waals surface area contributed by atoms with Gasteiger partial charge in [-0.3, -0.25) is 9.59 Å². The first-order valence-corrected chi connectivity index (χ1v) is 10.6. The first kappa shape index (κ1) is 20.1. The van der Waals surface area contributed by atoms with Gasteiger partial charge in [0, 0.05) is 56.4 Å². The largest absolute Gasteiger partial charge is 0.361 e. The molecule has 0 spiro atoms. The molecule has 0 radical (unpaired) electrons. The highest BCUT2D eigenvalue weighted by Gasteiger charge is 2.22. The van der Waals surface area contributed by atoms with Crippen LogP contribution in [0.1, 0.15) is 43.4 Å². The number of rotatable bonds is 7. The number of H-pyrrole nitrogens is 1. The fourth-order valence-corrected chi connectivity index (χ4v) is 4.13. The Balaban J connectivity index is 1.39. The molecule has 30 heavy (non-hydrogen) atoms. The molecule has 1 aliphatic heterocycles. The Labute approximate surface area is 175 Å². The Hall–Kier alpha value is -3.16. The lowest BCUT2D eigenvalue weighted by Gasteiger charge is -2.17. The van der Waals surface area contributed by atoms with Gasteiger partial charge in [0.2, 0.25) is 11.8 Å². The number of fused-ring (bicyclic) bond motifs is 2. The number of aromatic nitrogens is 4. The van der Waals surface area contributed by atoms with Gasteiger partial charge in [-0.1, -0.05) is 24.6 Å². The minimum atomic E-state index is -0.628. The summed E-state index contributed by atoms with van der Waals surface area (Å²) in [6.45, 7) is 2.84. The molecule has 158 valence electrons. The minimum absolute atomic E-state index is 0.189. The Kier molecular flexibility index (Phi) is 6.11. The second kappa shape index (κ2) is 9.11. The van der Waals surface area contributed by atoms with Crippen LogP contribution in [-0.2, 0) is 35.4 Å². The SMILES string of the molecule is CC(=O)NC(Cc1c[nH]c2ccccc12)C(=O)NCCc1nnc2n1CCCCC2. The third kappa shape index (κ3) is 4.53. The van der Waals surface area contributed by atoms with E-state index in [0.717, 1.165) is 53.9 Å². The van der Waals surface area contributed by atoms with Crippen molar-refractivity contribution in [3.05, 3.63) is 47.7 Å². The Bertz CT molecular complexity index is 1040. The zero-order valence-corrected chi connectivity index (χ0v) is 17.3. The number of carbonyl (C=O) groups excluding carboxylic acids is 2. The first-order valence-electron chi connectivity index (χ1n) is 10.6. The van der Waals surface area contributed by atoms with Gasteiger partial charge in [-0.25, -0.2) is 0 Å². The third-order valence-electron chi connectivity index (χ3n) is 5.63. The number of aromatic amines is 1. The van der Waals surface area contributed by atoms with Crippen molar-refractivity contribution in [1.82, 2.24) is 30.4 Å². The summed E-state index contributed by atoms with van der Waals surface area (Å²) in [5.41, 5.74) is 2.02. The molecule has 2 aromatic heterocycles. The zero-order chi connectivity index (χ0) is 20.9. The monoisotopic (exact) mass is 408 g/mol. The Morgan fingerprint density at radius 1 is 1.20 bits per heavy atom. The summed E-state index contributed by atoms with van der Waals surface area (Å²) in [5, 5.41) is 15.4. The predicted octanol–water partition coefficient (Wildman–Crippen LogP) is 1.89. The van der Waals surface area contributed by atoms with Crippen molar-refractivity contribution in [2.45, 2.75) is 58.0 Å². The van der Waals surface area contributed by atoms with Gasteiger partial charge < -0.3 is 20.2 Å². The fourth-order valence-electron chi connectivity index (χ4n) is 4.13. The number of aryl methyl sites for hydroxylation is 1. The summed E-state index contributed by atoms with van der Waals surface area (Å²) >= 11 is 0. The van der Waals surface area contributed by atoms with E-state index in [2.05, 4.69) is 30.4 Å². The molecule has 4 rings (SSSR count). The number of hydrogen-bond donors (Lipinski definition) is 3. The number of nitrogens with zero attached hydrogens (tertiary/aromatic N) is 3. The quantitative estimate of drug-likeness (QED) is 0.555. The van der Waals surface area contributed by atoms with Gasteiger partial charge in [-0.2, -0.15) is 0 Å². The summed E-state index contributed by atoms with van der Waals surface area (Å²) < 4.78 is 2.19. The smallest absolute Gasteiger partial charge is 0.242 e. The van der Waals surface area contributed by atoms with Crippen LogP contribution in [0.25, 0.3) is 10.9 Å². The standard InChI is InChI=1S/C22H28N6O2/c1-15(29)25-19(13-16-14-24-18-8-5-4-7-17(16)18)22(30)23-11-10-21-27-26-20-9-3-2-6-12-28(20)21/h4-5,7-8,14,19,24H,2-3,6,9-13H2,1H3,(H,23,30)(H,25,29). The molecule has 2 amide bonds. The van der Waals surface area contributed by atoms with Crippen LogP contribution < -0.4 is 10.6 Å². The molecule has 3 aromatic rings. The topological polar surface area (TPSA) is 105 Å². The molecular formula is C22H28N6O2. The van der Waals surface area contributed by atoms with Crippen molar-refractivity contribution in [2.24, 2.45) is 0 Å². The second-order valence-electron chi connectivity index (χ2n) is 7.85. The van der Waals surface area contributed by atoms with Crippen LogP contribution in [0.2, 0.25) is 0 Å². The molecule has 0 aliphatic carbocycles. The molecule has 3 N–H and O–H groups in total. The highest BCUT2D eigenvalue weighted by Crippen LogP contribution is 2.19. The van der Waals surface area contributed by atoms with Crippen LogP contribution in [0.4, 0.5) is 0 Å². The Morgan fingerprint density at radius 2 is 2.07 bits per heavy atom. The van der Waals surface area contributed by atoms with Crippen LogP contribution in [0.15, 0.2) is 30.5 Å². The number of hydrogen-bond acceptors (Lipinski definition) is 4. The van der Waals surface area contributed by atoms with Gasteiger partial charge in [0.05, 0.1) is 0 Å². The number of carbonyl (C=O) groups is 2. The highest BCUT2D eigenvalue weighted by molar-refractivity contribution is 5.89. The first-order chi connectivity index (χ1) is 14.6. The van der Waals surface area contributed by atoms with E-state index in [1.807, 2.05) is 30.5 Å². The maximum atomic E-state index is 12.8. The maximum absolute atomic E-state index is 12.8. The second-order valence-corrected chi connectivity index (χ2v) is 7.85. The summed E-state index contributed by atoms with van der Waals surface area (Å²) in [6.07, 6.45) is 7.42. The molecule has 1 aromatic carbocycles. The lowest BCUT2D eigenvalue weighted by atomic mass is 10.0. The van der Waals surface area contributed by atoms with E-state index in [9.17, 15) is 9.59 Å². The van der Waals surface area contributed by atoms with Gasteiger partial charge in [-0.15, -0.1) is 10.2 Å². The maximum Gasteiger partial charge on any atom is 0.242 e. The molecule has 0 fully saturated rings. The van der Waals surface area contributed by atoms with E-state index in [1.165, 1.54) is 13.3 Å². The molecule has 0 saturated carbocycles. The lowest BCUT2D eigenvalue weighted by Crippen LogP contribution is -2.47. The van der Waals surface area contributed by atoms with Crippen molar-refractivity contribution < 1.29 is 9.59 Å².